The molecule has 0 aromatic rings. The highest BCUT2D eigenvalue weighted by Gasteiger charge is 1.91. The summed E-state index contributed by atoms with van der Waals surface area (Å²) in [6.07, 6.45) is 25.0. The normalized spacial score (nSPS) is 11.9. The average Bonchev–Trinajstić information content (AvgIpc) is 2.39. The van der Waals surface area contributed by atoms with E-state index in [4.69, 9.17) is 0 Å². The third-order valence-corrected chi connectivity index (χ3v) is 3.24. The molecule has 0 atom stereocenters. The lowest BCUT2D eigenvalue weighted by Crippen LogP contribution is -1.81. The fraction of sp³-hybridized carbons (Fsp3) is 0.722. The van der Waals surface area contributed by atoms with Gasteiger partial charge in [-0.3, -0.25) is 0 Å². The summed E-state index contributed by atoms with van der Waals surface area (Å²) in [7, 11) is 0. The van der Waals surface area contributed by atoms with E-state index in [9.17, 15) is 0 Å². The van der Waals surface area contributed by atoms with Crippen LogP contribution < -0.4 is 0 Å². The Kier molecular flexibility index (Phi) is 16.0. The Labute approximate surface area is 116 Å². The van der Waals surface area contributed by atoms with Gasteiger partial charge in [-0.2, -0.15) is 0 Å². The highest BCUT2D eigenvalue weighted by molar-refractivity contribution is 5.01. The molecule has 0 heterocycles. The lowest BCUT2D eigenvalue weighted by atomic mass is 10.1. The monoisotopic (exact) mass is 249 g/mol. The molecule has 0 heteroatoms. The third-order valence-electron chi connectivity index (χ3n) is 3.24. The molecule has 0 unspecified atom stereocenters. The van der Waals surface area contributed by atoms with Crippen LogP contribution >= 0.6 is 0 Å². The smallest absolute Gasteiger partial charge is 0.0348 e. The van der Waals surface area contributed by atoms with Gasteiger partial charge in [0.2, 0.25) is 0 Å². The molecule has 0 saturated heterocycles. The number of unbranched alkanes of at least 4 members (excludes halogenated alkanes) is 10. The Hall–Kier alpha value is -0.520. The minimum absolute atomic E-state index is 1.11. The van der Waals surface area contributed by atoms with Gasteiger partial charge in [0.1, 0.15) is 0 Å². The Bertz CT molecular complexity index is 188. The van der Waals surface area contributed by atoms with Crippen LogP contribution in [0.2, 0.25) is 0 Å². The highest BCUT2D eigenvalue weighted by Crippen LogP contribution is 2.11. The summed E-state index contributed by atoms with van der Waals surface area (Å²) in [4.78, 5) is 0. The molecule has 18 heavy (non-hydrogen) atoms. The van der Waals surface area contributed by atoms with Gasteiger partial charge in [0.25, 0.3) is 0 Å². The molecule has 0 saturated carbocycles. The van der Waals surface area contributed by atoms with E-state index in [0.717, 1.165) is 12.8 Å². The van der Waals surface area contributed by atoms with Crippen molar-refractivity contribution >= 4 is 0 Å². The van der Waals surface area contributed by atoms with E-state index in [0.29, 0.717) is 0 Å². The zero-order chi connectivity index (χ0) is 13.3. The van der Waals surface area contributed by atoms with Crippen LogP contribution in [0.5, 0.6) is 0 Å². The molecule has 0 aromatic heterocycles. The topological polar surface area (TPSA) is 0 Å². The second kappa shape index (κ2) is 16.5. The van der Waals surface area contributed by atoms with Crippen molar-refractivity contribution in [1.82, 2.24) is 0 Å². The summed E-state index contributed by atoms with van der Waals surface area (Å²) in [6, 6.07) is 0. The SMILES string of the molecule is [CH2]CCCCCCCCCCCC=CC=CCC. The van der Waals surface area contributed by atoms with Gasteiger partial charge in [-0.15, -0.1) is 0 Å². The zero-order valence-corrected chi connectivity index (χ0v) is 12.5. The molecule has 0 spiro atoms. The molecule has 0 aliphatic heterocycles. The molecule has 0 rings (SSSR count). The van der Waals surface area contributed by atoms with Crippen molar-refractivity contribution in [3.8, 4) is 0 Å². The Balaban J connectivity index is 3.03. The van der Waals surface area contributed by atoms with Gasteiger partial charge < -0.3 is 0 Å². The largest absolute Gasteiger partial charge is 0.0848 e. The van der Waals surface area contributed by atoms with Crippen molar-refractivity contribution in [2.45, 2.75) is 84.0 Å². The molecular weight excluding hydrogens is 216 g/mol. The van der Waals surface area contributed by atoms with E-state index >= 15 is 0 Å². The van der Waals surface area contributed by atoms with E-state index in [1.165, 1.54) is 64.2 Å². The van der Waals surface area contributed by atoms with Crippen LogP contribution in [0.3, 0.4) is 0 Å². The first-order chi connectivity index (χ1) is 8.91. The van der Waals surface area contributed by atoms with E-state index in [1.807, 2.05) is 0 Å². The lowest BCUT2D eigenvalue weighted by molar-refractivity contribution is 0.561. The van der Waals surface area contributed by atoms with Gasteiger partial charge in [0.05, 0.1) is 0 Å². The highest BCUT2D eigenvalue weighted by atomic mass is 14.0. The van der Waals surface area contributed by atoms with E-state index in [-0.39, 0.29) is 0 Å². The molecular formula is C18H33. The fourth-order valence-corrected chi connectivity index (χ4v) is 2.07. The fourth-order valence-electron chi connectivity index (χ4n) is 2.07. The minimum Gasteiger partial charge on any atom is -0.0848 e. The van der Waals surface area contributed by atoms with Crippen LogP contribution in [0, 0.1) is 6.92 Å². The number of rotatable bonds is 13. The maximum atomic E-state index is 3.88. The van der Waals surface area contributed by atoms with Crippen LogP contribution in [-0.4, -0.2) is 0 Å². The van der Waals surface area contributed by atoms with Crippen molar-refractivity contribution in [2.75, 3.05) is 0 Å². The van der Waals surface area contributed by atoms with Crippen LogP contribution in [0.15, 0.2) is 24.3 Å². The first-order valence-corrected chi connectivity index (χ1v) is 8.02. The lowest BCUT2D eigenvalue weighted by Gasteiger charge is -2.01. The Morgan fingerprint density at radius 2 is 1.17 bits per heavy atom. The summed E-state index contributed by atoms with van der Waals surface area (Å²) in [5, 5.41) is 0. The van der Waals surface area contributed by atoms with Gasteiger partial charge in [-0.05, 0) is 19.3 Å². The van der Waals surface area contributed by atoms with Gasteiger partial charge in [0.15, 0.2) is 0 Å². The van der Waals surface area contributed by atoms with Crippen molar-refractivity contribution in [1.29, 1.82) is 0 Å². The molecule has 0 nitrogen and oxygen atoms in total. The summed E-state index contributed by atoms with van der Waals surface area (Å²) < 4.78 is 0. The standard InChI is InChI=1S/C18H33/c1-3-5-7-9-11-13-15-17-18-16-14-12-10-8-6-4-2/h6,8,10,12H,1,3-5,7,9,11,13-18H2,2H3. The van der Waals surface area contributed by atoms with Crippen LogP contribution in [0.1, 0.15) is 84.0 Å². The molecule has 0 bridgehead atoms. The number of hydrogen-bond acceptors (Lipinski definition) is 0. The minimum atomic E-state index is 1.11. The molecule has 0 N–H and O–H groups in total. The molecule has 0 aliphatic rings. The summed E-state index contributed by atoms with van der Waals surface area (Å²) in [6.45, 7) is 6.05. The first-order valence-electron chi connectivity index (χ1n) is 8.02. The molecule has 0 fully saturated rings. The average molecular weight is 249 g/mol. The van der Waals surface area contributed by atoms with Crippen molar-refractivity contribution in [3.05, 3.63) is 31.2 Å². The van der Waals surface area contributed by atoms with Crippen LogP contribution in [-0.2, 0) is 0 Å². The molecule has 0 aliphatic carbocycles. The summed E-state index contributed by atoms with van der Waals surface area (Å²) in [5.74, 6) is 0. The van der Waals surface area contributed by atoms with E-state index in [2.05, 4.69) is 38.2 Å². The summed E-state index contributed by atoms with van der Waals surface area (Å²) in [5.41, 5.74) is 0. The van der Waals surface area contributed by atoms with Gasteiger partial charge in [-0.25, -0.2) is 0 Å². The van der Waals surface area contributed by atoms with Crippen LogP contribution in [0.4, 0.5) is 0 Å². The molecule has 105 valence electrons. The quantitative estimate of drug-likeness (QED) is 0.254. The third kappa shape index (κ3) is 15.5. The van der Waals surface area contributed by atoms with Crippen LogP contribution in [0.25, 0.3) is 0 Å². The Morgan fingerprint density at radius 3 is 1.72 bits per heavy atom. The maximum Gasteiger partial charge on any atom is -0.0348 e. The number of allylic oxidation sites excluding steroid dienone is 4. The van der Waals surface area contributed by atoms with E-state index in [1.54, 1.807) is 0 Å². The maximum absolute atomic E-state index is 3.88. The number of hydrogen-bond donors (Lipinski definition) is 0. The molecule has 0 aromatic carbocycles. The predicted molar refractivity (Wildman–Crippen MR) is 84.7 cm³/mol. The van der Waals surface area contributed by atoms with Gasteiger partial charge >= 0.3 is 0 Å². The van der Waals surface area contributed by atoms with Crippen molar-refractivity contribution < 1.29 is 0 Å². The molecule has 1 radical (unpaired) electrons. The van der Waals surface area contributed by atoms with Crippen molar-refractivity contribution in [2.24, 2.45) is 0 Å². The van der Waals surface area contributed by atoms with E-state index < -0.39 is 0 Å². The Morgan fingerprint density at radius 1 is 0.667 bits per heavy atom. The summed E-state index contributed by atoms with van der Waals surface area (Å²) >= 11 is 0. The second-order valence-corrected chi connectivity index (χ2v) is 5.09. The first kappa shape index (κ1) is 17.5. The molecule has 0 amide bonds. The second-order valence-electron chi connectivity index (χ2n) is 5.09. The van der Waals surface area contributed by atoms with Gasteiger partial charge in [-0.1, -0.05) is 95.9 Å². The van der Waals surface area contributed by atoms with Crippen molar-refractivity contribution in [3.63, 3.8) is 0 Å². The zero-order valence-electron chi connectivity index (χ0n) is 12.5. The predicted octanol–water partition coefficient (Wildman–Crippen LogP) is 6.63. The van der Waals surface area contributed by atoms with Gasteiger partial charge in [0, 0.05) is 0 Å².